The van der Waals surface area contributed by atoms with E-state index in [1.165, 1.54) is 0 Å². The van der Waals surface area contributed by atoms with Gasteiger partial charge in [0.05, 0.1) is 11.6 Å². The third kappa shape index (κ3) is 4.05. The van der Waals surface area contributed by atoms with Gasteiger partial charge in [-0.1, -0.05) is 22.9 Å². The second-order valence-corrected chi connectivity index (χ2v) is 6.51. The Kier molecular flexibility index (Phi) is 5.63. The van der Waals surface area contributed by atoms with Crippen molar-refractivity contribution in [1.82, 2.24) is 0 Å². The molecule has 94 valence electrons. The molecule has 0 saturated carbocycles. The highest BCUT2D eigenvalue weighted by atomic mass is 79.9. The number of carbonyl (C=O) groups is 1. The fourth-order valence-corrected chi connectivity index (χ4v) is 3.59. The van der Waals surface area contributed by atoms with Crippen LogP contribution in [0.4, 0.5) is 5.69 Å². The number of nitrogens with one attached hydrogen (secondary N) is 1. The lowest BCUT2D eigenvalue weighted by atomic mass is 10.0. The van der Waals surface area contributed by atoms with Crippen LogP contribution in [0.3, 0.4) is 0 Å². The summed E-state index contributed by atoms with van der Waals surface area (Å²) in [4.78, 5) is 11.9. The van der Waals surface area contributed by atoms with Crippen LogP contribution in [-0.2, 0) is 4.79 Å². The Balaban J connectivity index is 2.93. The van der Waals surface area contributed by atoms with Crippen molar-refractivity contribution in [2.24, 2.45) is 11.7 Å². The van der Waals surface area contributed by atoms with Crippen molar-refractivity contribution in [1.29, 1.82) is 0 Å². The molecule has 1 amide bonds. The lowest BCUT2D eigenvalue weighted by Gasteiger charge is -2.17. The molecule has 3 N–H and O–H groups in total. The zero-order valence-electron chi connectivity index (χ0n) is 9.43. The van der Waals surface area contributed by atoms with E-state index in [2.05, 4.69) is 53.1 Å². The van der Waals surface area contributed by atoms with Crippen molar-refractivity contribution in [3.05, 3.63) is 25.6 Å². The number of amides is 1. The molecule has 1 rings (SSSR count). The minimum absolute atomic E-state index is 0.0938. The Labute approximate surface area is 126 Å². The molecule has 0 aliphatic heterocycles. The highest BCUT2D eigenvalue weighted by molar-refractivity contribution is 9.11. The van der Waals surface area contributed by atoms with Crippen LogP contribution in [0.1, 0.15) is 13.8 Å². The van der Waals surface area contributed by atoms with Gasteiger partial charge >= 0.3 is 0 Å². The summed E-state index contributed by atoms with van der Waals surface area (Å²) in [6, 6.07) is 3.57. The molecule has 0 radical (unpaired) electrons. The number of rotatable bonds is 3. The van der Waals surface area contributed by atoms with Crippen molar-refractivity contribution >= 4 is 59.4 Å². The van der Waals surface area contributed by atoms with Crippen molar-refractivity contribution in [2.45, 2.75) is 19.9 Å². The number of anilines is 1. The standard InChI is InChI=1S/C11H13Br3N2O/c1-5(6(2)15)11(17)16-10-8(13)3-7(12)4-9(10)14/h3-6H,15H2,1-2H3,(H,16,17). The highest BCUT2D eigenvalue weighted by Crippen LogP contribution is 2.34. The highest BCUT2D eigenvalue weighted by Gasteiger charge is 2.19. The van der Waals surface area contributed by atoms with Crippen LogP contribution in [0.25, 0.3) is 0 Å². The largest absolute Gasteiger partial charge is 0.327 e. The van der Waals surface area contributed by atoms with Gasteiger partial charge in [0.25, 0.3) is 0 Å². The van der Waals surface area contributed by atoms with Gasteiger partial charge in [-0.2, -0.15) is 0 Å². The van der Waals surface area contributed by atoms with Crippen molar-refractivity contribution in [3.8, 4) is 0 Å². The van der Waals surface area contributed by atoms with Gasteiger partial charge in [0.15, 0.2) is 0 Å². The van der Waals surface area contributed by atoms with Gasteiger partial charge in [0.2, 0.25) is 5.91 Å². The Hall–Kier alpha value is 0.0900. The number of carbonyl (C=O) groups excluding carboxylic acids is 1. The van der Waals surface area contributed by atoms with Crippen molar-refractivity contribution in [2.75, 3.05) is 5.32 Å². The molecule has 0 bridgehead atoms. The van der Waals surface area contributed by atoms with E-state index in [0.29, 0.717) is 5.69 Å². The Morgan fingerprint density at radius 3 is 2.12 bits per heavy atom. The molecule has 0 saturated heterocycles. The maximum Gasteiger partial charge on any atom is 0.228 e. The van der Waals surface area contributed by atoms with E-state index in [1.807, 2.05) is 19.1 Å². The molecule has 6 heteroatoms. The Morgan fingerprint density at radius 2 is 1.71 bits per heavy atom. The number of halogens is 3. The van der Waals surface area contributed by atoms with Gasteiger partial charge in [-0.3, -0.25) is 4.79 Å². The molecule has 0 fully saturated rings. The normalized spacial score (nSPS) is 14.2. The Bertz CT molecular complexity index is 412. The van der Waals surface area contributed by atoms with Gasteiger partial charge in [0.1, 0.15) is 0 Å². The lowest BCUT2D eigenvalue weighted by molar-refractivity contribution is -0.119. The molecule has 0 heterocycles. The monoisotopic (exact) mass is 426 g/mol. The van der Waals surface area contributed by atoms with Crippen molar-refractivity contribution in [3.63, 3.8) is 0 Å². The van der Waals surface area contributed by atoms with E-state index >= 15 is 0 Å². The molecule has 0 spiro atoms. The zero-order valence-corrected chi connectivity index (χ0v) is 14.2. The smallest absolute Gasteiger partial charge is 0.228 e. The summed E-state index contributed by atoms with van der Waals surface area (Å²) in [6.07, 6.45) is 0. The van der Waals surface area contributed by atoms with Crippen LogP contribution in [0.2, 0.25) is 0 Å². The zero-order chi connectivity index (χ0) is 13.2. The van der Waals surface area contributed by atoms with Crippen LogP contribution >= 0.6 is 47.8 Å². The second kappa shape index (κ2) is 6.31. The van der Waals surface area contributed by atoms with Crippen LogP contribution in [0.5, 0.6) is 0 Å². The number of nitrogens with two attached hydrogens (primary N) is 1. The first-order valence-corrected chi connectivity index (χ1v) is 7.41. The third-order valence-electron chi connectivity index (χ3n) is 2.46. The van der Waals surface area contributed by atoms with Crippen LogP contribution in [0.15, 0.2) is 25.6 Å². The summed E-state index contributed by atoms with van der Waals surface area (Å²) < 4.78 is 2.54. The topological polar surface area (TPSA) is 55.1 Å². The summed E-state index contributed by atoms with van der Waals surface area (Å²) in [7, 11) is 0. The summed E-state index contributed by atoms with van der Waals surface area (Å²) in [5.41, 5.74) is 6.41. The molecule has 0 aromatic heterocycles. The Morgan fingerprint density at radius 1 is 1.24 bits per heavy atom. The third-order valence-corrected chi connectivity index (χ3v) is 4.17. The van der Waals surface area contributed by atoms with Crippen LogP contribution in [-0.4, -0.2) is 11.9 Å². The fraction of sp³-hybridized carbons (Fsp3) is 0.364. The lowest BCUT2D eigenvalue weighted by Crippen LogP contribution is -2.34. The SMILES string of the molecule is CC(N)C(C)C(=O)Nc1c(Br)cc(Br)cc1Br. The van der Waals surface area contributed by atoms with E-state index in [-0.39, 0.29) is 17.9 Å². The number of hydrogen-bond donors (Lipinski definition) is 2. The van der Waals surface area contributed by atoms with E-state index < -0.39 is 0 Å². The van der Waals surface area contributed by atoms with Crippen LogP contribution in [0, 0.1) is 5.92 Å². The molecule has 1 aromatic carbocycles. The molecular weight excluding hydrogens is 416 g/mol. The number of benzene rings is 1. The summed E-state index contributed by atoms with van der Waals surface area (Å²) >= 11 is 10.2. The summed E-state index contributed by atoms with van der Waals surface area (Å²) in [5.74, 6) is -0.332. The average Bonchev–Trinajstić information content (AvgIpc) is 2.21. The van der Waals surface area contributed by atoms with Gasteiger partial charge in [-0.25, -0.2) is 0 Å². The quantitative estimate of drug-likeness (QED) is 0.767. The predicted octanol–water partition coefficient (Wildman–Crippen LogP) is 3.90. The molecule has 0 aliphatic carbocycles. The first-order valence-electron chi connectivity index (χ1n) is 5.04. The van der Waals surface area contributed by atoms with Crippen molar-refractivity contribution < 1.29 is 4.79 Å². The summed E-state index contributed by atoms with van der Waals surface area (Å²) in [5, 5.41) is 2.85. The summed E-state index contributed by atoms with van der Waals surface area (Å²) in [6.45, 7) is 3.62. The number of hydrogen-bond acceptors (Lipinski definition) is 2. The molecule has 3 nitrogen and oxygen atoms in total. The van der Waals surface area contributed by atoms with Gasteiger partial charge in [0, 0.05) is 19.5 Å². The first-order chi connectivity index (χ1) is 7.82. The maximum atomic E-state index is 11.9. The molecule has 2 atom stereocenters. The molecular formula is C11H13Br3N2O. The molecule has 17 heavy (non-hydrogen) atoms. The fourth-order valence-electron chi connectivity index (χ4n) is 1.14. The van der Waals surface area contributed by atoms with E-state index in [9.17, 15) is 4.79 Å². The van der Waals surface area contributed by atoms with Gasteiger partial charge < -0.3 is 11.1 Å². The average molecular weight is 429 g/mol. The molecule has 0 aliphatic rings. The molecule has 1 aromatic rings. The van der Waals surface area contributed by atoms with E-state index in [4.69, 9.17) is 5.73 Å². The van der Waals surface area contributed by atoms with Crippen LogP contribution < -0.4 is 11.1 Å². The second-order valence-electron chi connectivity index (χ2n) is 3.88. The minimum Gasteiger partial charge on any atom is -0.327 e. The van der Waals surface area contributed by atoms with Gasteiger partial charge in [-0.05, 0) is 50.9 Å². The molecule has 2 unspecified atom stereocenters. The van der Waals surface area contributed by atoms with E-state index in [1.54, 1.807) is 6.92 Å². The first kappa shape index (κ1) is 15.1. The predicted molar refractivity (Wildman–Crippen MR) is 81.0 cm³/mol. The minimum atomic E-state index is -0.238. The van der Waals surface area contributed by atoms with E-state index in [0.717, 1.165) is 13.4 Å². The van der Waals surface area contributed by atoms with Gasteiger partial charge in [-0.15, -0.1) is 0 Å². The maximum absolute atomic E-state index is 11.9.